The molecule has 0 spiro atoms. The van der Waals surface area contributed by atoms with Crippen molar-refractivity contribution in [2.24, 2.45) is 0 Å². The number of aliphatic hydroxyl groups excluding tert-OH is 1. The monoisotopic (exact) mass is 363 g/mol. The van der Waals surface area contributed by atoms with Gasteiger partial charge in [-0.2, -0.15) is 0 Å². The molecule has 0 aromatic heterocycles. The van der Waals surface area contributed by atoms with Crippen LogP contribution < -0.4 is 0 Å². The minimum Gasteiger partial charge on any atom is -0.387 e. The van der Waals surface area contributed by atoms with E-state index in [1.165, 1.54) is 11.1 Å². The highest BCUT2D eigenvalue weighted by Gasteiger charge is 2.40. The van der Waals surface area contributed by atoms with Gasteiger partial charge in [-0.15, -0.1) is 0 Å². The lowest BCUT2D eigenvalue weighted by Crippen LogP contribution is -2.52. The Labute approximate surface area is 159 Å². The number of aliphatic hydroxyl groups is 1. The molecule has 2 atom stereocenters. The Bertz CT molecular complexity index is 813. The maximum Gasteiger partial charge on any atom is 0.0946 e. The summed E-state index contributed by atoms with van der Waals surface area (Å²) in [4.78, 5) is 2.40. The van der Waals surface area contributed by atoms with Crippen LogP contribution in [0.2, 0.25) is 5.02 Å². The van der Waals surface area contributed by atoms with E-state index in [1.807, 2.05) is 36.4 Å². The Morgan fingerprint density at radius 2 is 1.38 bits per heavy atom. The van der Waals surface area contributed by atoms with Crippen LogP contribution in [0.25, 0.3) is 0 Å². The van der Waals surface area contributed by atoms with Crippen molar-refractivity contribution >= 4 is 11.6 Å². The van der Waals surface area contributed by atoms with Crippen molar-refractivity contribution in [3.63, 3.8) is 0 Å². The van der Waals surface area contributed by atoms with E-state index in [1.54, 1.807) is 0 Å². The van der Waals surface area contributed by atoms with Gasteiger partial charge in [0, 0.05) is 17.6 Å². The first-order valence-electron chi connectivity index (χ1n) is 9.03. The molecule has 1 fully saturated rings. The molecule has 1 aliphatic rings. The second-order valence-electron chi connectivity index (χ2n) is 6.82. The fourth-order valence-electron chi connectivity index (χ4n) is 3.85. The minimum atomic E-state index is -0.544. The molecule has 0 amide bonds. The van der Waals surface area contributed by atoms with Crippen LogP contribution in [-0.4, -0.2) is 22.6 Å². The Morgan fingerprint density at radius 1 is 0.808 bits per heavy atom. The lowest BCUT2D eigenvalue weighted by atomic mass is 9.86. The number of rotatable bonds is 5. The second-order valence-corrected chi connectivity index (χ2v) is 7.25. The minimum absolute atomic E-state index is 0.0823. The average Bonchev–Trinajstić information content (AvgIpc) is 2.66. The molecular formula is C23H22ClNO. The molecule has 1 heterocycles. The summed E-state index contributed by atoms with van der Waals surface area (Å²) in [5.41, 5.74) is 3.38. The van der Waals surface area contributed by atoms with Crippen molar-refractivity contribution in [2.45, 2.75) is 24.6 Å². The molecule has 1 saturated heterocycles. The first kappa shape index (κ1) is 17.3. The number of hydrogen-bond acceptors (Lipinski definition) is 2. The van der Waals surface area contributed by atoms with Crippen LogP contribution in [0.3, 0.4) is 0 Å². The van der Waals surface area contributed by atoms with E-state index in [0.717, 1.165) is 18.5 Å². The van der Waals surface area contributed by atoms with E-state index in [9.17, 15) is 5.11 Å². The third-order valence-corrected chi connectivity index (χ3v) is 5.46. The summed E-state index contributed by atoms with van der Waals surface area (Å²) in [6, 6.07) is 28.8. The number of likely N-dealkylation sites (tertiary alicyclic amines) is 1. The van der Waals surface area contributed by atoms with Gasteiger partial charge >= 0.3 is 0 Å². The normalized spacial score (nSPS) is 18.5. The Hall–Kier alpha value is -2.13. The summed E-state index contributed by atoms with van der Waals surface area (Å²) < 4.78 is 0. The van der Waals surface area contributed by atoms with E-state index >= 15 is 0 Å². The summed E-state index contributed by atoms with van der Waals surface area (Å²) in [6.07, 6.45) is 0.432. The molecule has 4 rings (SSSR count). The number of nitrogens with zero attached hydrogens (tertiary/aromatic N) is 1. The summed E-state index contributed by atoms with van der Waals surface area (Å²) in [7, 11) is 0. The Balaban J connectivity index is 1.66. The number of benzene rings is 3. The van der Waals surface area contributed by atoms with E-state index in [0.29, 0.717) is 5.02 Å². The molecule has 1 N–H and O–H groups in total. The fourth-order valence-corrected chi connectivity index (χ4v) is 4.04. The summed E-state index contributed by atoms with van der Waals surface area (Å²) in [6.45, 7) is 0.969. The molecule has 1 aliphatic heterocycles. The number of hydrogen-bond donors (Lipinski definition) is 1. The van der Waals surface area contributed by atoms with Crippen molar-refractivity contribution in [1.29, 1.82) is 0 Å². The van der Waals surface area contributed by atoms with Crippen molar-refractivity contribution in [3.8, 4) is 0 Å². The van der Waals surface area contributed by atoms with Crippen molar-refractivity contribution in [2.75, 3.05) is 6.54 Å². The lowest BCUT2D eigenvalue weighted by Gasteiger charge is -2.48. The molecule has 0 bridgehead atoms. The average molecular weight is 364 g/mol. The molecule has 0 saturated carbocycles. The first-order chi connectivity index (χ1) is 12.7. The largest absolute Gasteiger partial charge is 0.387 e. The topological polar surface area (TPSA) is 23.5 Å². The van der Waals surface area contributed by atoms with Crippen LogP contribution in [0.4, 0.5) is 0 Å². The molecule has 3 heteroatoms. The first-order valence-corrected chi connectivity index (χ1v) is 9.41. The van der Waals surface area contributed by atoms with E-state index in [-0.39, 0.29) is 12.1 Å². The van der Waals surface area contributed by atoms with Crippen LogP contribution in [-0.2, 0) is 0 Å². The van der Waals surface area contributed by atoms with Gasteiger partial charge in [0.1, 0.15) is 0 Å². The van der Waals surface area contributed by atoms with E-state index in [4.69, 9.17) is 11.6 Å². The second kappa shape index (κ2) is 7.63. The fraction of sp³-hybridized carbons (Fsp3) is 0.217. The molecule has 0 aliphatic carbocycles. The zero-order chi connectivity index (χ0) is 17.9. The predicted octanol–water partition coefficient (Wildman–Crippen LogP) is 5.24. The summed E-state index contributed by atoms with van der Waals surface area (Å²) >= 11 is 6.12. The van der Waals surface area contributed by atoms with Gasteiger partial charge in [0.2, 0.25) is 0 Å². The van der Waals surface area contributed by atoms with Crippen LogP contribution in [0.15, 0.2) is 84.9 Å². The van der Waals surface area contributed by atoms with Crippen LogP contribution in [0.1, 0.15) is 35.3 Å². The van der Waals surface area contributed by atoms with Crippen LogP contribution in [0.5, 0.6) is 0 Å². The SMILES string of the molecule is O[C@H](c1cccc(Cl)c1)[C@@H]1CCN1C(c1ccccc1)c1ccccc1. The molecule has 132 valence electrons. The molecule has 3 aromatic rings. The zero-order valence-corrected chi connectivity index (χ0v) is 15.3. The molecule has 3 aromatic carbocycles. The van der Waals surface area contributed by atoms with Crippen LogP contribution in [0, 0.1) is 0 Å². The molecule has 0 radical (unpaired) electrons. The molecule has 26 heavy (non-hydrogen) atoms. The smallest absolute Gasteiger partial charge is 0.0946 e. The van der Waals surface area contributed by atoms with Gasteiger partial charge in [0.15, 0.2) is 0 Å². The van der Waals surface area contributed by atoms with Gasteiger partial charge in [-0.1, -0.05) is 84.4 Å². The highest BCUT2D eigenvalue weighted by atomic mass is 35.5. The van der Waals surface area contributed by atoms with Gasteiger partial charge in [-0.25, -0.2) is 0 Å². The third kappa shape index (κ3) is 3.41. The third-order valence-electron chi connectivity index (χ3n) is 5.23. The maximum absolute atomic E-state index is 11.0. The van der Waals surface area contributed by atoms with E-state index in [2.05, 4.69) is 53.4 Å². The standard InChI is InChI=1S/C23H22ClNO/c24-20-13-7-12-19(16-20)23(26)21-14-15-25(21)22(17-8-3-1-4-9-17)18-10-5-2-6-11-18/h1-13,16,21-23,26H,14-15H2/t21-,23+/m0/s1. The van der Waals surface area contributed by atoms with Crippen molar-refractivity contribution in [1.82, 2.24) is 4.90 Å². The Kier molecular flexibility index (Phi) is 5.07. The lowest BCUT2D eigenvalue weighted by molar-refractivity contribution is -0.0343. The summed E-state index contributed by atoms with van der Waals surface area (Å²) in [5, 5.41) is 11.6. The highest BCUT2D eigenvalue weighted by Crippen LogP contribution is 2.40. The van der Waals surface area contributed by atoms with Gasteiger partial charge in [-0.05, 0) is 35.2 Å². The van der Waals surface area contributed by atoms with Gasteiger partial charge in [-0.3, -0.25) is 4.90 Å². The van der Waals surface area contributed by atoms with Gasteiger partial charge < -0.3 is 5.11 Å². The summed E-state index contributed by atoms with van der Waals surface area (Å²) in [5.74, 6) is 0. The predicted molar refractivity (Wildman–Crippen MR) is 106 cm³/mol. The van der Waals surface area contributed by atoms with Crippen molar-refractivity contribution in [3.05, 3.63) is 107 Å². The van der Waals surface area contributed by atoms with Gasteiger partial charge in [0.05, 0.1) is 12.1 Å². The maximum atomic E-state index is 11.0. The van der Waals surface area contributed by atoms with Crippen LogP contribution >= 0.6 is 11.6 Å². The molecule has 0 unspecified atom stereocenters. The van der Waals surface area contributed by atoms with E-state index < -0.39 is 6.10 Å². The molecule has 2 nitrogen and oxygen atoms in total. The highest BCUT2D eigenvalue weighted by molar-refractivity contribution is 6.30. The quantitative estimate of drug-likeness (QED) is 0.670. The van der Waals surface area contributed by atoms with Crippen molar-refractivity contribution < 1.29 is 5.11 Å². The molecular weight excluding hydrogens is 342 g/mol. The zero-order valence-electron chi connectivity index (χ0n) is 14.5. The number of halogens is 1. The van der Waals surface area contributed by atoms with Gasteiger partial charge in [0.25, 0.3) is 0 Å². The Morgan fingerprint density at radius 3 is 1.88 bits per heavy atom.